The zero-order valence-electron chi connectivity index (χ0n) is 17.0. The molecule has 5 aliphatic rings. The van der Waals surface area contributed by atoms with Gasteiger partial charge in [-0.1, -0.05) is 30.3 Å². The number of amides is 1. The van der Waals surface area contributed by atoms with E-state index in [1.165, 1.54) is 0 Å². The van der Waals surface area contributed by atoms with E-state index in [1.807, 2.05) is 6.08 Å². The maximum atomic E-state index is 12.8. The van der Waals surface area contributed by atoms with E-state index in [1.54, 1.807) is 5.32 Å². The highest BCUT2D eigenvalue weighted by Crippen LogP contribution is 2.68. The summed E-state index contributed by atoms with van der Waals surface area (Å²) in [5, 5.41) is 12.5. The Balaban J connectivity index is 1.53. The average molecular weight is 439 g/mol. The Morgan fingerprint density at radius 3 is 2.77 bits per heavy atom. The molecule has 5 nitrogen and oxygen atoms in total. The summed E-state index contributed by atoms with van der Waals surface area (Å²) in [4.78, 5) is 24.1. The van der Waals surface area contributed by atoms with E-state index in [2.05, 4.69) is 13.0 Å². The summed E-state index contributed by atoms with van der Waals surface area (Å²) in [6.45, 7) is 2.32. The van der Waals surface area contributed by atoms with Crippen LogP contribution in [0.15, 0.2) is 23.3 Å². The van der Waals surface area contributed by atoms with Crippen molar-refractivity contribution in [2.45, 2.75) is 79.8 Å². The van der Waals surface area contributed by atoms with Crippen molar-refractivity contribution >= 4 is 28.0 Å². The molecule has 0 radical (unpaired) electrons. The Labute approximate surface area is 180 Å². The normalized spacial score (nSPS) is 47.0. The van der Waals surface area contributed by atoms with Crippen molar-refractivity contribution in [3.05, 3.63) is 23.3 Å². The monoisotopic (exact) mass is 439 g/mol. The van der Waals surface area contributed by atoms with Gasteiger partial charge < -0.3 is 15.2 Å². The maximum absolute atomic E-state index is 12.8. The van der Waals surface area contributed by atoms with Gasteiger partial charge in [0.15, 0.2) is 5.78 Å². The first-order valence-electron chi connectivity index (χ1n) is 10.7. The van der Waals surface area contributed by atoms with Crippen LogP contribution in [0.1, 0.15) is 45.4 Å². The van der Waals surface area contributed by atoms with Gasteiger partial charge >= 0.3 is 12.1 Å². The number of Topliss-reactive ketones (excluding diaryl/α,β-unsaturated/α-hetero) is 1. The molecule has 2 N–H and O–H groups in total. The Morgan fingerprint density at radius 2 is 2.07 bits per heavy atom. The minimum atomic E-state index is -5.09. The fourth-order valence-electron chi connectivity index (χ4n) is 6.93. The van der Waals surface area contributed by atoms with E-state index in [-0.39, 0.29) is 11.8 Å². The van der Waals surface area contributed by atoms with Crippen LogP contribution in [0.5, 0.6) is 0 Å². The van der Waals surface area contributed by atoms with E-state index < -0.39 is 41.2 Å². The predicted molar refractivity (Wildman–Crippen MR) is 103 cm³/mol. The number of ether oxygens (including phenoxy) is 1. The van der Waals surface area contributed by atoms with Gasteiger partial charge in [-0.25, -0.2) is 0 Å². The summed E-state index contributed by atoms with van der Waals surface area (Å²) in [6, 6.07) is -1.42. The molecule has 162 valence electrons. The van der Waals surface area contributed by atoms with Crippen LogP contribution >= 0.6 is 0 Å². The van der Waals surface area contributed by atoms with Crippen molar-refractivity contribution in [1.29, 1.82) is 0 Å². The summed E-state index contributed by atoms with van der Waals surface area (Å²) in [7, 11) is 0. The van der Waals surface area contributed by atoms with Crippen molar-refractivity contribution in [3.63, 3.8) is 0 Å². The second-order valence-corrected chi connectivity index (χ2v) is 11.4. The highest BCUT2D eigenvalue weighted by molar-refractivity contribution is 6.12. The molecule has 7 atom stereocenters. The van der Waals surface area contributed by atoms with E-state index in [9.17, 15) is 27.9 Å². The first-order valence-corrected chi connectivity index (χ1v) is 11.8. The quantitative estimate of drug-likeness (QED) is 0.611. The summed E-state index contributed by atoms with van der Waals surface area (Å²) in [5.74, 6) is -2.65. The van der Waals surface area contributed by atoms with Crippen LogP contribution in [0.3, 0.4) is 0 Å². The molecule has 1 amide bonds. The van der Waals surface area contributed by atoms with Crippen LogP contribution < -0.4 is 5.32 Å². The van der Waals surface area contributed by atoms with Crippen LogP contribution in [0.2, 0.25) is 4.78 Å². The van der Waals surface area contributed by atoms with Crippen LogP contribution in [0, 0.1) is 11.3 Å². The van der Waals surface area contributed by atoms with Crippen molar-refractivity contribution < 1.29 is 32.6 Å². The lowest BCUT2D eigenvalue weighted by Gasteiger charge is -2.54. The lowest BCUT2D eigenvalue weighted by atomic mass is 9.61. The van der Waals surface area contributed by atoms with Gasteiger partial charge in [-0.05, 0) is 48.2 Å². The molecule has 5 rings (SSSR count). The molecule has 2 spiro atoms. The van der Waals surface area contributed by atoms with Gasteiger partial charge in [-0.15, -0.1) is 0 Å². The Morgan fingerprint density at radius 1 is 1.33 bits per heavy atom. The third kappa shape index (κ3) is 2.55. The summed E-state index contributed by atoms with van der Waals surface area (Å²) < 4.78 is 45.7. The topological polar surface area (TPSA) is 75.6 Å². The average Bonchev–Trinajstić information content (AvgIpc) is 3.14. The number of carbonyl (C=O) groups is 2. The lowest BCUT2D eigenvalue weighted by Crippen LogP contribution is -2.62. The van der Waals surface area contributed by atoms with E-state index in [4.69, 9.17) is 4.74 Å². The Kier molecular flexibility index (Phi) is 4.30. The zero-order valence-corrected chi connectivity index (χ0v) is 19.0. The number of hydrogen-bond donors (Lipinski definition) is 2. The molecule has 3 aliphatic carbocycles. The molecule has 0 unspecified atom stereocenters. The second kappa shape index (κ2) is 6.22. The second-order valence-electron chi connectivity index (χ2n) is 10.0. The fourth-order valence-corrected chi connectivity index (χ4v) is 7.90. The summed E-state index contributed by atoms with van der Waals surface area (Å²) >= 11 is 1.10. The first kappa shape index (κ1) is 20.7. The molecule has 3 fully saturated rings. The predicted octanol–water partition coefficient (Wildman–Crippen LogP) is 1.76. The van der Waals surface area contributed by atoms with Crippen LogP contribution in [0.4, 0.5) is 13.2 Å². The van der Waals surface area contributed by atoms with Gasteiger partial charge in [0, 0.05) is 6.42 Å². The largest absolute Gasteiger partial charge is 0.471 e. The smallest absolute Gasteiger partial charge is 0.381 e. The SMILES string of the molecule is C[C@]12CC=C3C=C4[C@@H](O)C(=O)[C@@H](NC(=O)C(F)(F)F)C[C@]45CC[C@]3(O5)[C@@H]1CC[C@@H]2[AlH2]. The summed E-state index contributed by atoms with van der Waals surface area (Å²) in [5.41, 5.74) is 0.0887. The molecule has 2 heterocycles. The van der Waals surface area contributed by atoms with Gasteiger partial charge in [-0.3, -0.25) is 9.59 Å². The number of aliphatic hydroxyl groups excluding tert-OH is 1. The number of nitrogens with one attached hydrogen (secondary N) is 1. The highest BCUT2D eigenvalue weighted by Gasteiger charge is 2.67. The number of rotatable bonds is 1. The number of aliphatic hydroxyl groups is 1. The molecular weight excluding hydrogens is 414 g/mol. The van der Waals surface area contributed by atoms with Crippen LogP contribution in [0.25, 0.3) is 0 Å². The van der Waals surface area contributed by atoms with E-state index >= 15 is 0 Å². The highest BCUT2D eigenvalue weighted by atomic mass is 27.0. The Hall–Kier alpha value is -1.14. The van der Waals surface area contributed by atoms with Crippen molar-refractivity contribution in [1.82, 2.24) is 5.32 Å². The van der Waals surface area contributed by atoms with Crippen LogP contribution in [-0.4, -0.2) is 62.6 Å². The molecule has 1 saturated heterocycles. The lowest BCUT2D eigenvalue weighted by molar-refractivity contribution is -0.177. The molecule has 0 aromatic heterocycles. The minimum absolute atomic E-state index is 0.0701. The van der Waals surface area contributed by atoms with Gasteiger partial charge in [0.1, 0.15) is 6.10 Å². The number of ketones is 1. The molecule has 0 aromatic rings. The molecule has 9 heteroatoms. The number of fused-ring (bicyclic) bond motifs is 1. The number of hydrogen-bond acceptors (Lipinski definition) is 4. The van der Waals surface area contributed by atoms with E-state index in [0.717, 1.165) is 41.1 Å². The molecule has 0 aromatic carbocycles. The van der Waals surface area contributed by atoms with Crippen molar-refractivity contribution in [2.24, 2.45) is 11.3 Å². The van der Waals surface area contributed by atoms with Gasteiger partial charge in [-0.2, -0.15) is 13.2 Å². The number of allylic oxidation sites excluding steroid dienone is 1. The molecule has 30 heavy (non-hydrogen) atoms. The molecule has 2 saturated carbocycles. The third-order valence-electron chi connectivity index (χ3n) is 8.74. The van der Waals surface area contributed by atoms with Gasteiger partial charge in [0.25, 0.3) is 0 Å². The van der Waals surface area contributed by atoms with Crippen molar-refractivity contribution in [2.75, 3.05) is 0 Å². The zero-order chi connectivity index (χ0) is 21.7. The maximum Gasteiger partial charge on any atom is 0.471 e. The van der Waals surface area contributed by atoms with E-state index in [0.29, 0.717) is 29.1 Å². The third-order valence-corrected chi connectivity index (χ3v) is 10.6. The van der Waals surface area contributed by atoms with Gasteiger partial charge in [0.05, 0.1) is 17.2 Å². The number of halogens is 3. The molecule has 2 bridgehead atoms. The molecule has 2 aliphatic heterocycles. The Bertz CT molecular complexity index is 901. The summed E-state index contributed by atoms with van der Waals surface area (Å²) in [6.07, 6.45) is 1.73. The van der Waals surface area contributed by atoms with Crippen LogP contribution in [-0.2, 0) is 14.3 Å². The number of carbonyl (C=O) groups excluding carboxylic acids is 2. The van der Waals surface area contributed by atoms with Gasteiger partial charge in [0.2, 0.25) is 16.3 Å². The standard InChI is InChI=1S/C21H23F3NO4.Al.2H/c1-18-5-2-3-14(18)20-8-7-19(29-20)10-13(25-17(28)21(22,23)24)16(27)15(26)12(19)9-11(20)4-6-18;;;/h4-5,9,13-15,26H,2-3,6-8,10H2,1H3,(H,25,28);;;/t13-,14+,15+,18-,19+,20+;;;/m0.../s1. The van der Waals surface area contributed by atoms with Crippen molar-refractivity contribution in [3.8, 4) is 0 Å². The minimum Gasteiger partial charge on any atom is -0.381 e. The fraction of sp³-hybridized carbons (Fsp3) is 0.714. The first-order chi connectivity index (χ1) is 13.9. The molecular formula is C21H25AlF3NO4. The number of alkyl halides is 3.